The van der Waals surface area contributed by atoms with Crippen molar-refractivity contribution in [2.45, 2.75) is 32.9 Å². The minimum Gasteiger partial charge on any atom is -0.353 e. The van der Waals surface area contributed by atoms with Crippen LogP contribution in [0.3, 0.4) is 0 Å². The molecule has 0 saturated heterocycles. The van der Waals surface area contributed by atoms with Crippen LogP contribution in [0.25, 0.3) is 0 Å². The third-order valence-electron chi connectivity index (χ3n) is 5.39. The van der Waals surface area contributed by atoms with Crippen LogP contribution < -0.4 is 5.32 Å². The maximum absolute atomic E-state index is 13.4. The molecule has 0 radical (unpaired) electrons. The van der Waals surface area contributed by atoms with E-state index in [1.165, 1.54) is 0 Å². The highest BCUT2D eigenvalue weighted by atomic mass is 16.2. The van der Waals surface area contributed by atoms with E-state index in [9.17, 15) is 9.59 Å². The molecule has 1 heterocycles. The Labute approximate surface area is 190 Å². The van der Waals surface area contributed by atoms with Gasteiger partial charge in [-0.15, -0.1) is 0 Å². The van der Waals surface area contributed by atoms with Crippen molar-refractivity contribution in [2.24, 2.45) is 7.05 Å². The molecule has 0 unspecified atom stereocenters. The number of unbranched alkanes of at least 4 members (excludes halogenated alkanes) is 1. The van der Waals surface area contributed by atoms with Gasteiger partial charge in [-0.2, -0.15) is 0 Å². The zero-order chi connectivity index (χ0) is 22.8. The topological polar surface area (TPSA) is 57.6 Å². The Hall–Kier alpha value is -3.54. The van der Waals surface area contributed by atoms with Gasteiger partial charge in [-0.05, 0) is 36.2 Å². The Balaban J connectivity index is 1.75. The van der Waals surface area contributed by atoms with Crippen molar-refractivity contribution in [3.05, 3.63) is 90.3 Å². The molecule has 32 heavy (non-hydrogen) atoms. The SMILES string of the molecule is CCCCN(CC(=O)N(Cc1ccccc1)Cc1cccn1C)C(=O)Nc1ccccc1. The average molecular weight is 433 g/mol. The molecule has 3 rings (SSSR count). The minimum atomic E-state index is -0.253. The maximum Gasteiger partial charge on any atom is 0.322 e. The maximum atomic E-state index is 13.4. The minimum absolute atomic E-state index is 0.0376. The van der Waals surface area contributed by atoms with Gasteiger partial charge in [-0.1, -0.05) is 61.9 Å². The fraction of sp³-hybridized carbons (Fsp3) is 0.308. The van der Waals surface area contributed by atoms with Crippen molar-refractivity contribution in [1.29, 1.82) is 0 Å². The van der Waals surface area contributed by atoms with E-state index in [1.54, 1.807) is 4.90 Å². The average Bonchev–Trinajstić information content (AvgIpc) is 3.21. The van der Waals surface area contributed by atoms with Crippen molar-refractivity contribution in [2.75, 3.05) is 18.4 Å². The second-order valence-corrected chi connectivity index (χ2v) is 7.92. The molecule has 6 heteroatoms. The molecular weight excluding hydrogens is 400 g/mol. The largest absolute Gasteiger partial charge is 0.353 e. The fourth-order valence-corrected chi connectivity index (χ4v) is 3.48. The number of benzene rings is 2. The first-order chi connectivity index (χ1) is 15.6. The Morgan fingerprint density at radius 3 is 2.19 bits per heavy atom. The number of urea groups is 1. The zero-order valence-electron chi connectivity index (χ0n) is 18.9. The Morgan fingerprint density at radius 2 is 1.56 bits per heavy atom. The molecular formula is C26H32N4O2. The summed E-state index contributed by atoms with van der Waals surface area (Å²) in [6, 6.07) is 23.0. The van der Waals surface area contributed by atoms with Gasteiger partial charge in [0.2, 0.25) is 5.91 Å². The van der Waals surface area contributed by atoms with E-state index in [2.05, 4.69) is 12.2 Å². The molecule has 1 aromatic heterocycles. The summed E-state index contributed by atoms with van der Waals surface area (Å²) in [6.45, 7) is 3.62. The van der Waals surface area contributed by atoms with Crippen LogP contribution in [-0.4, -0.2) is 39.4 Å². The standard InChI is InChI=1S/C26H32N4O2/c1-3-4-18-29(26(32)27-23-14-9-6-10-15-23)21-25(31)30(19-22-12-7-5-8-13-22)20-24-16-11-17-28(24)2/h5-17H,3-4,18-21H2,1-2H3,(H,27,32). The number of aryl methyl sites for hydroxylation is 1. The van der Waals surface area contributed by atoms with Crippen molar-refractivity contribution < 1.29 is 9.59 Å². The van der Waals surface area contributed by atoms with Crippen LogP contribution in [-0.2, 0) is 24.9 Å². The van der Waals surface area contributed by atoms with Crippen molar-refractivity contribution in [1.82, 2.24) is 14.4 Å². The number of carbonyl (C=O) groups is 2. The van der Waals surface area contributed by atoms with Gasteiger partial charge in [0.25, 0.3) is 0 Å². The summed E-state index contributed by atoms with van der Waals surface area (Å²) in [6.07, 6.45) is 3.76. The van der Waals surface area contributed by atoms with Gasteiger partial charge in [0.05, 0.1) is 6.54 Å². The van der Waals surface area contributed by atoms with E-state index < -0.39 is 0 Å². The summed E-state index contributed by atoms with van der Waals surface area (Å²) in [5, 5.41) is 2.91. The van der Waals surface area contributed by atoms with Crippen molar-refractivity contribution >= 4 is 17.6 Å². The number of aromatic nitrogens is 1. The molecule has 168 valence electrons. The van der Waals surface area contributed by atoms with Gasteiger partial charge in [0.15, 0.2) is 0 Å². The molecule has 0 saturated carbocycles. The van der Waals surface area contributed by atoms with E-state index in [1.807, 2.05) is 95.5 Å². The highest BCUT2D eigenvalue weighted by molar-refractivity contribution is 5.92. The molecule has 1 N–H and O–H groups in total. The van der Waals surface area contributed by atoms with Crippen molar-refractivity contribution in [3.63, 3.8) is 0 Å². The summed E-state index contributed by atoms with van der Waals surface area (Å²) in [5.41, 5.74) is 2.82. The number of nitrogens with one attached hydrogen (secondary N) is 1. The number of hydrogen-bond acceptors (Lipinski definition) is 2. The number of nitrogens with zero attached hydrogens (tertiary/aromatic N) is 3. The first kappa shape index (κ1) is 23.1. The van der Waals surface area contributed by atoms with Gasteiger partial charge in [0.1, 0.15) is 6.54 Å². The second-order valence-electron chi connectivity index (χ2n) is 7.92. The molecule has 0 aliphatic heterocycles. The van der Waals surface area contributed by atoms with Gasteiger partial charge in [0, 0.05) is 37.7 Å². The Kier molecular flexibility index (Phi) is 8.49. The predicted molar refractivity (Wildman–Crippen MR) is 128 cm³/mol. The Morgan fingerprint density at radius 1 is 0.875 bits per heavy atom. The van der Waals surface area contributed by atoms with Crippen LogP contribution in [0.1, 0.15) is 31.0 Å². The summed E-state index contributed by atoms with van der Waals surface area (Å²) in [7, 11) is 1.97. The lowest BCUT2D eigenvalue weighted by Gasteiger charge is -2.28. The van der Waals surface area contributed by atoms with Crippen LogP contribution in [0, 0.1) is 0 Å². The summed E-state index contributed by atoms with van der Waals surface area (Å²) >= 11 is 0. The number of anilines is 1. The zero-order valence-corrected chi connectivity index (χ0v) is 18.9. The lowest BCUT2D eigenvalue weighted by Crippen LogP contribution is -2.44. The number of para-hydroxylation sites is 1. The van der Waals surface area contributed by atoms with E-state index in [4.69, 9.17) is 0 Å². The summed E-state index contributed by atoms with van der Waals surface area (Å²) < 4.78 is 2.02. The smallest absolute Gasteiger partial charge is 0.322 e. The van der Waals surface area contributed by atoms with Crippen molar-refractivity contribution in [3.8, 4) is 0 Å². The molecule has 0 bridgehead atoms. The fourth-order valence-electron chi connectivity index (χ4n) is 3.48. The van der Waals surface area contributed by atoms with Crippen LogP contribution >= 0.6 is 0 Å². The van der Waals surface area contributed by atoms with Crippen LogP contribution in [0.2, 0.25) is 0 Å². The third kappa shape index (κ3) is 6.74. The molecule has 2 aromatic carbocycles. The summed E-state index contributed by atoms with van der Waals surface area (Å²) in [5.74, 6) is -0.0747. The van der Waals surface area contributed by atoms with E-state index in [0.29, 0.717) is 19.6 Å². The van der Waals surface area contributed by atoms with Crippen LogP contribution in [0.4, 0.5) is 10.5 Å². The monoisotopic (exact) mass is 432 g/mol. The molecule has 0 aliphatic rings. The highest BCUT2D eigenvalue weighted by Crippen LogP contribution is 2.13. The molecule has 3 aromatic rings. The molecule has 0 fully saturated rings. The number of amides is 3. The van der Waals surface area contributed by atoms with Gasteiger partial charge >= 0.3 is 6.03 Å². The molecule has 0 atom stereocenters. The molecule has 0 spiro atoms. The van der Waals surface area contributed by atoms with Gasteiger partial charge in [-0.25, -0.2) is 4.79 Å². The molecule has 6 nitrogen and oxygen atoms in total. The quantitative estimate of drug-likeness (QED) is 0.496. The molecule has 0 aliphatic carbocycles. The van der Waals surface area contributed by atoms with Gasteiger partial charge < -0.3 is 19.7 Å². The molecule has 3 amide bonds. The first-order valence-electron chi connectivity index (χ1n) is 11.1. The summed E-state index contributed by atoms with van der Waals surface area (Å²) in [4.78, 5) is 29.8. The Bertz CT molecular complexity index is 985. The lowest BCUT2D eigenvalue weighted by molar-refractivity contribution is -0.133. The van der Waals surface area contributed by atoms with E-state index in [0.717, 1.165) is 29.8 Å². The van der Waals surface area contributed by atoms with E-state index >= 15 is 0 Å². The number of rotatable bonds is 10. The number of carbonyl (C=O) groups excluding carboxylic acids is 2. The lowest BCUT2D eigenvalue weighted by atomic mass is 10.2. The van der Waals surface area contributed by atoms with Crippen LogP contribution in [0.15, 0.2) is 79.0 Å². The first-order valence-corrected chi connectivity index (χ1v) is 11.1. The van der Waals surface area contributed by atoms with Gasteiger partial charge in [-0.3, -0.25) is 4.79 Å². The number of hydrogen-bond donors (Lipinski definition) is 1. The normalized spacial score (nSPS) is 10.6. The third-order valence-corrected chi connectivity index (χ3v) is 5.39. The highest BCUT2D eigenvalue weighted by Gasteiger charge is 2.22. The van der Waals surface area contributed by atoms with E-state index in [-0.39, 0.29) is 18.5 Å². The predicted octanol–water partition coefficient (Wildman–Crippen LogP) is 4.89. The second kappa shape index (κ2) is 11.7. The van der Waals surface area contributed by atoms with Crippen LogP contribution in [0.5, 0.6) is 0 Å².